The first kappa shape index (κ1) is 11.5. The summed E-state index contributed by atoms with van der Waals surface area (Å²) in [5.74, 6) is 0. The van der Waals surface area contributed by atoms with Crippen LogP contribution in [0.15, 0.2) is 48.8 Å². The molecule has 2 aromatic rings. The van der Waals surface area contributed by atoms with Gasteiger partial charge in [-0.3, -0.25) is 4.90 Å². The fraction of sp³-hybridized carbons (Fsp3) is 0.333. The van der Waals surface area contributed by atoms with Crippen LogP contribution in [0.1, 0.15) is 5.56 Å². The first-order chi connectivity index (χ1) is 8.92. The number of ether oxygens (including phenoxy) is 1. The van der Waals surface area contributed by atoms with E-state index in [-0.39, 0.29) is 0 Å². The molecule has 94 valence electrons. The van der Waals surface area contributed by atoms with Crippen molar-refractivity contribution in [1.82, 2.24) is 9.47 Å². The molecule has 0 N–H and O–H groups in total. The molecule has 3 nitrogen and oxygen atoms in total. The topological polar surface area (TPSA) is 17.4 Å². The van der Waals surface area contributed by atoms with Crippen molar-refractivity contribution >= 4 is 0 Å². The van der Waals surface area contributed by atoms with E-state index in [1.54, 1.807) is 0 Å². The van der Waals surface area contributed by atoms with Crippen LogP contribution in [0.2, 0.25) is 0 Å². The Kier molecular flexibility index (Phi) is 3.44. The van der Waals surface area contributed by atoms with Crippen molar-refractivity contribution < 1.29 is 4.74 Å². The molecule has 1 aliphatic rings. The highest BCUT2D eigenvalue weighted by atomic mass is 16.5. The third kappa shape index (κ3) is 2.63. The summed E-state index contributed by atoms with van der Waals surface area (Å²) < 4.78 is 7.48. The van der Waals surface area contributed by atoms with E-state index in [0.29, 0.717) is 0 Å². The number of benzene rings is 1. The minimum Gasteiger partial charge on any atom is -0.379 e. The average molecular weight is 242 g/mol. The Labute approximate surface area is 108 Å². The van der Waals surface area contributed by atoms with Gasteiger partial charge in [0, 0.05) is 37.7 Å². The van der Waals surface area contributed by atoms with E-state index in [9.17, 15) is 0 Å². The van der Waals surface area contributed by atoms with Crippen molar-refractivity contribution in [2.24, 2.45) is 0 Å². The zero-order valence-corrected chi connectivity index (χ0v) is 10.5. The number of aromatic nitrogens is 1. The molecule has 0 unspecified atom stereocenters. The molecule has 3 rings (SSSR count). The molecule has 2 heterocycles. The maximum atomic E-state index is 5.36. The lowest BCUT2D eigenvalue weighted by atomic mass is 10.2. The van der Waals surface area contributed by atoms with E-state index in [0.717, 1.165) is 32.8 Å². The van der Waals surface area contributed by atoms with Crippen molar-refractivity contribution in [1.29, 1.82) is 0 Å². The van der Waals surface area contributed by atoms with Crippen LogP contribution in [0.5, 0.6) is 0 Å². The number of morpholine rings is 1. The van der Waals surface area contributed by atoms with Crippen LogP contribution in [0.3, 0.4) is 0 Å². The van der Waals surface area contributed by atoms with Gasteiger partial charge in [0.05, 0.1) is 13.2 Å². The van der Waals surface area contributed by atoms with Crippen LogP contribution in [0, 0.1) is 0 Å². The molecule has 1 aliphatic heterocycles. The monoisotopic (exact) mass is 242 g/mol. The van der Waals surface area contributed by atoms with Gasteiger partial charge in [-0.25, -0.2) is 0 Å². The molecule has 0 saturated carbocycles. The second-order valence-corrected chi connectivity index (χ2v) is 4.65. The fourth-order valence-corrected chi connectivity index (χ4v) is 2.30. The van der Waals surface area contributed by atoms with Crippen LogP contribution in [-0.4, -0.2) is 35.8 Å². The summed E-state index contributed by atoms with van der Waals surface area (Å²) in [4.78, 5) is 2.44. The van der Waals surface area contributed by atoms with E-state index in [1.165, 1.54) is 11.3 Å². The average Bonchev–Trinajstić information content (AvgIpc) is 2.95. The molecule has 1 aromatic carbocycles. The third-order valence-electron chi connectivity index (χ3n) is 3.35. The predicted octanol–water partition coefficient (Wildman–Crippen LogP) is 2.31. The van der Waals surface area contributed by atoms with Gasteiger partial charge in [0.15, 0.2) is 0 Å². The molecule has 0 atom stereocenters. The molecular weight excluding hydrogens is 224 g/mol. The zero-order chi connectivity index (χ0) is 12.2. The van der Waals surface area contributed by atoms with E-state index >= 15 is 0 Å². The summed E-state index contributed by atoms with van der Waals surface area (Å²) in [7, 11) is 0. The summed E-state index contributed by atoms with van der Waals surface area (Å²) in [5, 5.41) is 0. The normalized spacial score (nSPS) is 16.9. The van der Waals surface area contributed by atoms with Gasteiger partial charge in [-0.05, 0) is 29.8 Å². The molecule has 1 aromatic heterocycles. The van der Waals surface area contributed by atoms with Crippen molar-refractivity contribution in [3.63, 3.8) is 0 Å². The van der Waals surface area contributed by atoms with E-state index in [1.807, 2.05) is 12.1 Å². The minimum absolute atomic E-state index is 0.863. The predicted molar refractivity (Wildman–Crippen MR) is 71.9 cm³/mol. The van der Waals surface area contributed by atoms with Crippen LogP contribution in [0.4, 0.5) is 0 Å². The summed E-state index contributed by atoms with van der Waals surface area (Å²) >= 11 is 0. The largest absolute Gasteiger partial charge is 0.379 e. The highest BCUT2D eigenvalue weighted by Crippen LogP contribution is 2.12. The Hall–Kier alpha value is -1.58. The second kappa shape index (κ2) is 5.38. The maximum Gasteiger partial charge on any atom is 0.0594 e. The number of rotatable bonds is 3. The Balaban J connectivity index is 1.67. The van der Waals surface area contributed by atoms with E-state index < -0.39 is 0 Å². The van der Waals surface area contributed by atoms with Crippen molar-refractivity contribution in [3.05, 3.63) is 54.4 Å². The first-order valence-electron chi connectivity index (χ1n) is 6.44. The molecule has 1 fully saturated rings. The van der Waals surface area contributed by atoms with Gasteiger partial charge in [0.2, 0.25) is 0 Å². The lowest BCUT2D eigenvalue weighted by Crippen LogP contribution is -2.35. The highest BCUT2D eigenvalue weighted by molar-refractivity contribution is 5.35. The standard InChI is InChI=1S/C15H18N2O/c1-2-8-17(7-1)15-5-3-14(4-6-15)13-16-9-11-18-12-10-16/h1-8H,9-13H2. The second-order valence-electron chi connectivity index (χ2n) is 4.65. The van der Waals surface area contributed by atoms with Gasteiger partial charge in [-0.2, -0.15) is 0 Å². The van der Waals surface area contributed by atoms with Crippen molar-refractivity contribution in [3.8, 4) is 5.69 Å². The van der Waals surface area contributed by atoms with E-state index in [4.69, 9.17) is 4.74 Å². The van der Waals surface area contributed by atoms with Gasteiger partial charge >= 0.3 is 0 Å². The highest BCUT2D eigenvalue weighted by Gasteiger charge is 2.10. The summed E-state index contributed by atoms with van der Waals surface area (Å²) in [5.41, 5.74) is 2.58. The van der Waals surface area contributed by atoms with E-state index in [2.05, 4.69) is 46.1 Å². The Morgan fingerprint density at radius 2 is 1.61 bits per heavy atom. The van der Waals surface area contributed by atoms with Crippen molar-refractivity contribution in [2.45, 2.75) is 6.54 Å². The van der Waals surface area contributed by atoms with Crippen LogP contribution in [-0.2, 0) is 11.3 Å². The van der Waals surface area contributed by atoms with Crippen LogP contribution < -0.4 is 0 Å². The molecule has 0 aliphatic carbocycles. The summed E-state index contributed by atoms with van der Waals surface area (Å²) in [6.45, 7) is 4.83. The SMILES string of the molecule is c1ccn(-c2ccc(CN3CCOCC3)cc2)c1. The molecule has 0 spiro atoms. The Morgan fingerprint density at radius 3 is 2.28 bits per heavy atom. The number of hydrogen-bond donors (Lipinski definition) is 0. The number of nitrogens with zero attached hydrogens (tertiary/aromatic N) is 2. The number of hydrogen-bond acceptors (Lipinski definition) is 2. The van der Waals surface area contributed by atoms with Gasteiger partial charge in [-0.15, -0.1) is 0 Å². The quantitative estimate of drug-likeness (QED) is 0.821. The minimum atomic E-state index is 0.863. The molecule has 0 radical (unpaired) electrons. The Bertz CT molecular complexity index is 470. The molecular formula is C15H18N2O. The molecule has 0 bridgehead atoms. The zero-order valence-electron chi connectivity index (χ0n) is 10.5. The summed E-state index contributed by atoms with van der Waals surface area (Å²) in [6.07, 6.45) is 4.13. The van der Waals surface area contributed by atoms with Crippen LogP contribution in [0.25, 0.3) is 5.69 Å². The van der Waals surface area contributed by atoms with Gasteiger partial charge < -0.3 is 9.30 Å². The fourth-order valence-electron chi connectivity index (χ4n) is 2.30. The smallest absolute Gasteiger partial charge is 0.0594 e. The maximum absolute atomic E-state index is 5.36. The first-order valence-corrected chi connectivity index (χ1v) is 6.44. The van der Waals surface area contributed by atoms with Gasteiger partial charge in [-0.1, -0.05) is 12.1 Å². The lowest BCUT2D eigenvalue weighted by molar-refractivity contribution is 0.0342. The Morgan fingerprint density at radius 1 is 0.944 bits per heavy atom. The van der Waals surface area contributed by atoms with Crippen LogP contribution >= 0.6 is 0 Å². The summed E-state index contributed by atoms with van der Waals surface area (Å²) in [6, 6.07) is 12.9. The van der Waals surface area contributed by atoms with Crippen molar-refractivity contribution in [2.75, 3.05) is 26.3 Å². The van der Waals surface area contributed by atoms with Gasteiger partial charge in [0.1, 0.15) is 0 Å². The third-order valence-corrected chi connectivity index (χ3v) is 3.35. The molecule has 0 amide bonds. The molecule has 1 saturated heterocycles. The molecule has 18 heavy (non-hydrogen) atoms. The van der Waals surface area contributed by atoms with Gasteiger partial charge in [0.25, 0.3) is 0 Å². The molecule has 3 heteroatoms. The lowest BCUT2D eigenvalue weighted by Gasteiger charge is -2.26.